The van der Waals surface area contributed by atoms with Gasteiger partial charge in [0.1, 0.15) is 0 Å². The van der Waals surface area contributed by atoms with E-state index in [1.165, 1.54) is 19.3 Å². The molecule has 52 valence electrons. The van der Waals surface area contributed by atoms with Gasteiger partial charge in [-0.1, -0.05) is 0 Å². The fourth-order valence-corrected chi connectivity index (χ4v) is 3.28. The Morgan fingerprint density at radius 3 is 2.11 bits per heavy atom. The minimum absolute atomic E-state index is 0.395. The number of alkyl halides is 2. The van der Waals surface area contributed by atoms with Crippen LogP contribution in [0.25, 0.3) is 0 Å². The van der Waals surface area contributed by atoms with E-state index in [0.717, 1.165) is 5.92 Å². The number of halogens is 2. The normalized spacial score (nSPS) is 56.7. The van der Waals surface area contributed by atoms with Gasteiger partial charge in [-0.15, -0.1) is 23.2 Å². The summed E-state index contributed by atoms with van der Waals surface area (Å²) in [5, 5.41) is 0.804. The molecule has 0 radical (unpaired) electrons. The van der Waals surface area contributed by atoms with E-state index < -0.39 is 0 Å². The molecule has 0 unspecified atom stereocenters. The molecule has 0 N–H and O–H groups in total. The zero-order chi connectivity index (χ0) is 6.43. The van der Waals surface area contributed by atoms with Gasteiger partial charge in [0.25, 0.3) is 0 Å². The summed E-state index contributed by atoms with van der Waals surface area (Å²) in [6.07, 6.45) is 3.76. The topological polar surface area (TPSA) is 0 Å². The Morgan fingerprint density at radius 2 is 1.89 bits per heavy atom. The first-order valence-corrected chi connectivity index (χ1v) is 4.44. The average molecular weight is 165 g/mol. The van der Waals surface area contributed by atoms with Crippen LogP contribution in [0.4, 0.5) is 0 Å². The smallest absolute Gasteiger partial charge is 0.0407 e. The van der Waals surface area contributed by atoms with Crippen molar-refractivity contribution in [3.05, 3.63) is 0 Å². The van der Waals surface area contributed by atoms with Crippen LogP contribution in [0.2, 0.25) is 0 Å². The monoisotopic (exact) mass is 164 g/mol. The minimum Gasteiger partial charge on any atom is -0.123 e. The Hall–Kier alpha value is 0.580. The molecule has 2 aliphatic rings. The van der Waals surface area contributed by atoms with Crippen molar-refractivity contribution in [1.82, 2.24) is 0 Å². The fraction of sp³-hybridized carbons (Fsp3) is 1.00. The Bertz CT molecular complexity index is 124. The van der Waals surface area contributed by atoms with Crippen molar-refractivity contribution >= 4 is 23.2 Å². The van der Waals surface area contributed by atoms with Crippen molar-refractivity contribution in [3.63, 3.8) is 0 Å². The van der Waals surface area contributed by atoms with Crippen molar-refractivity contribution < 1.29 is 0 Å². The van der Waals surface area contributed by atoms with Crippen LogP contribution in [-0.4, -0.2) is 10.8 Å². The highest BCUT2D eigenvalue weighted by Crippen LogP contribution is 2.49. The number of fused-ring (bicyclic) bond motifs is 2. The van der Waals surface area contributed by atoms with Crippen molar-refractivity contribution in [1.29, 1.82) is 0 Å². The van der Waals surface area contributed by atoms with Crippen molar-refractivity contribution in [2.45, 2.75) is 30.0 Å². The Balaban J connectivity index is 2.16. The summed E-state index contributed by atoms with van der Waals surface area (Å²) in [5.74, 6) is 1.39. The molecule has 0 aliphatic heterocycles. The summed E-state index contributed by atoms with van der Waals surface area (Å²) in [5.41, 5.74) is 0. The molecule has 2 bridgehead atoms. The van der Waals surface area contributed by atoms with Crippen LogP contribution < -0.4 is 0 Å². The van der Waals surface area contributed by atoms with Gasteiger partial charge in [-0.25, -0.2) is 0 Å². The van der Waals surface area contributed by atoms with Crippen LogP contribution in [0.5, 0.6) is 0 Å². The van der Waals surface area contributed by atoms with E-state index in [0.29, 0.717) is 16.7 Å². The summed E-state index contributed by atoms with van der Waals surface area (Å²) in [7, 11) is 0. The molecule has 2 aliphatic carbocycles. The molecule has 2 saturated carbocycles. The first-order chi connectivity index (χ1) is 4.29. The van der Waals surface area contributed by atoms with E-state index in [2.05, 4.69) is 0 Å². The first-order valence-electron chi connectivity index (χ1n) is 3.57. The first kappa shape index (κ1) is 6.30. The molecule has 0 spiro atoms. The highest BCUT2D eigenvalue weighted by molar-refractivity contribution is 6.25. The molecular formula is C7H10Cl2. The summed E-state index contributed by atoms with van der Waals surface area (Å²) in [6.45, 7) is 0. The van der Waals surface area contributed by atoms with Gasteiger partial charge in [0.15, 0.2) is 0 Å². The molecule has 4 atom stereocenters. The molecular weight excluding hydrogens is 155 g/mol. The zero-order valence-corrected chi connectivity index (χ0v) is 6.70. The van der Waals surface area contributed by atoms with E-state index in [1.807, 2.05) is 0 Å². The zero-order valence-electron chi connectivity index (χ0n) is 5.19. The summed E-state index contributed by atoms with van der Waals surface area (Å²) >= 11 is 12.1. The van der Waals surface area contributed by atoms with Gasteiger partial charge in [-0.3, -0.25) is 0 Å². The van der Waals surface area contributed by atoms with Gasteiger partial charge in [0.2, 0.25) is 0 Å². The van der Waals surface area contributed by atoms with Crippen LogP contribution >= 0.6 is 23.2 Å². The highest BCUT2D eigenvalue weighted by atomic mass is 35.5. The van der Waals surface area contributed by atoms with E-state index in [-0.39, 0.29) is 0 Å². The summed E-state index contributed by atoms with van der Waals surface area (Å²) < 4.78 is 0. The van der Waals surface area contributed by atoms with Crippen molar-refractivity contribution in [3.8, 4) is 0 Å². The highest BCUT2D eigenvalue weighted by Gasteiger charge is 2.46. The average Bonchev–Trinajstić information content (AvgIpc) is 2.25. The number of rotatable bonds is 0. The molecule has 9 heavy (non-hydrogen) atoms. The maximum atomic E-state index is 6.09. The third kappa shape index (κ3) is 0.798. The molecule has 2 fully saturated rings. The van der Waals surface area contributed by atoms with Gasteiger partial charge in [-0.2, -0.15) is 0 Å². The van der Waals surface area contributed by atoms with Crippen LogP contribution in [0, 0.1) is 11.8 Å². The van der Waals surface area contributed by atoms with Crippen molar-refractivity contribution in [2.75, 3.05) is 0 Å². The standard InChI is InChI=1S/C7H10Cl2/c8-6-3-4-1-2-5(6)7(4)9/h4-7H,1-3H2/t4-,5+,6-,7-/m0/s1. The molecule has 0 aromatic carbocycles. The minimum atomic E-state index is 0.395. The van der Waals surface area contributed by atoms with Gasteiger partial charge in [-0.05, 0) is 31.1 Å². The number of hydrogen-bond acceptors (Lipinski definition) is 0. The Morgan fingerprint density at radius 1 is 1.11 bits per heavy atom. The fourth-order valence-electron chi connectivity index (χ4n) is 2.17. The maximum Gasteiger partial charge on any atom is 0.0407 e. The lowest BCUT2D eigenvalue weighted by Crippen LogP contribution is -2.11. The molecule has 2 rings (SSSR count). The van der Waals surface area contributed by atoms with E-state index in [4.69, 9.17) is 23.2 Å². The van der Waals surface area contributed by atoms with Crippen molar-refractivity contribution in [2.24, 2.45) is 11.8 Å². The van der Waals surface area contributed by atoms with Gasteiger partial charge >= 0.3 is 0 Å². The lowest BCUT2D eigenvalue weighted by molar-refractivity contribution is 0.487. The van der Waals surface area contributed by atoms with Crippen LogP contribution in [0.15, 0.2) is 0 Å². The molecule has 0 amide bonds. The Kier molecular flexibility index (Phi) is 1.42. The van der Waals surface area contributed by atoms with Gasteiger partial charge < -0.3 is 0 Å². The molecule has 2 heteroatoms. The molecule has 0 nitrogen and oxygen atoms in total. The van der Waals surface area contributed by atoms with Crippen LogP contribution in [0.1, 0.15) is 19.3 Å². The largest absolute Gasteiger partial charge is 0.123 e. The lowest BCUT2D eigenvalue weighted by atomic mass is 10.0. The maximum absolute atomic E-state index is 6.09. The predicted octanol–water partition coefficient (Wildman–Crippen LogP) is 2.63. The lowest BCUT2D eigenvalue weighted by Gasteiger charge is -2.13. The van der Waals surface area contributed by atoms with Gasteiger partial charge in [0.05, 0.1) is 0 Å². The van der Waals surface area contributed by atoms with E-state index in [1.54, 1.807) is 0 Å². The summed E-state index contributed by atoms with van der Waals surface area (Å²) in [6, 6.07) is 0. The molecule has 0 aromatic heterocycles. The second-order valence-corrected chi connectivity index (χ2v) is 4.26. The third-order valence-corrected chi connectivity index (χ3v) is 3.90. The summed E-state index contributed by atoms with van der Waals surface area (Å²) in [4.78, 5) is 0. The quantitative estimate of drug-likeness (QED) is 0.484. The van der Waals surface area contributed by atoms with E-state index in [9.17, 15) is 0 Å². The number of hydrogen-bond donors (Lipinski definition) is 0. The van der Waals surface area contributed by atoms with Crippen LogP contribution in [0.3, 0.4) is 0 Å². The molecule has 0 heterocycles. The SMILES string of the molecule is Cl[C@H]1[C@H]2CC[C@@H]1[C@@H](Cl)C2. The van der Waals surface area contributed by atoms with Crippen LogP contribution in [-0.2, 0) is 0 Å². The van der Waals surface area contributed by atoms with Gasteiger partial charge in [0, 0.05) is 10.8 Å². The molecule has 0 saturated heterocycles. The van der Waals surface area contributed by atoms with E-state index >= 15 is 0 Å². The molecule has 0 aromatic rings. The second-order valence-electron chi connectivity index (χ2n) is 3.20. The third-order valence-electron chi connectivity index (χ3n) is 2.72. The predicted molar refractivity (Wildman–Crippen MR) is 40.1 cm³/mol. The Labute approximate surface area is 65.5 Å². The second kappa shape index (κ2) is 2.03.